The molecule has 1 aliphatic rings. The summed E-state index contributed by atoms with van der Waals surface area (Å²) in [6, 6.07) is 1.52. The van der Waals surface area contributed by atoms with Crippen LogP contribution in [0.4, 0.5) is 11.5 Å². The quantitative estimate of drug-likeness (QED) is 0.677. The van der Waals surface area contributed by atoms with Crippen LogP contribution in [0.5, 0.6) is 0 Å². The van der Waals surface area contributed by atoms with Crippen molar-refractivity contribution in [3.05, 3.63) is 26.9 Å². The molecule has 1 saturated heterocycles. The molecule has 7 heteroatoms. The van der Waals surface area contributed by atoms with Gasteiger partial charge in [-0.05, 0) is 48.3 Å². The minimum absolute atomic E-state index is 0.0145. The van der Waals surface area contributed by atoms with Gasteiger partial charge in [0, 0.05) is 19.2 Å². The summed E-state index contributed by atoms with van der Waals surface area (Å²) in [6.07, 6.45) is 3.55. The molecule has 104 valence electrons. The number of hydrogen-bond donors (Lipinski definition) is 1. The summed E-state index contributed by atoms with van der Waals surface area (Å²) in [6.45, 7) is 2.92. The molecule has 6 nitrogen and oxygen atoms in total. The molecule has 1 aromatic heterocycles. The first-order valence-electron chi connectivity index (χ1n) is 6.31. The molecule has 0 amide bonds. The van der Waals surface area contributed by atoms with E-state index in [4.69, 9.17) is 0 Å². The molecule has 1 aliphatic heterocycles. The highest BCUT2D eigenvalue weighted by molar-refractivity contribution is 9.10. The number of anilines is 1. The molecule has 0 bridgehead atoms. The maximum Gasteiger partial charge on any atom is 0.288 e. The van der Waals surface area contributed by atoms with E-state index in [0.717, 1.165) is 38.3 Å². The van der Waals surface area contributed by atoms with E-state index in [1.807, 2.05) is 7.05 Å². The van der Waals surface area contributed by atoms with Crippen LogP contribution in [0.15, 0.2) is 16.7 Å². The number of hydrogen-bond acceptors (Lipinski definition) is 5. The van der Waals surface area contributed by atoms with E-state index in [1.165, 1.54) is 12.3 Å². The Labute approximate surface area is 120 Å². The van der Waals surface area contributed by atoms with Gasteiger partial charge in [0.2, 0.25) is 0 Å². The summed E-state index contributed by atoms with van der Waals surface area (Å²) in [4.78, 5) is 16.6. The van der Waals surface area contributed by atoms with Gasteiger partial charge in [-0.3, -0.25) is 10.1 Å². The van der Waals surface area contributed by atoms with Crippen molar-refractivity contribution in [2.24, 2.45) is 5.92 Å². The summed E-state index contributed by atoms with van der Waals surface area (Å²) in [7, 11) is 1.97. The normalized spacial score (nSPS) is 16.6. The van der Waals surface area contributed by atoms with E-state index in [1.54, 1.807) is 0 Å². The van der Waals surface area contributed by atoms with E-state index in [0.29, 0.717) is 10.4 Å². The summed E-state index contributed by atoms with van der Waals surface area (Å²) < 4.78 is 0.689. The number of piperidine rings is 1. The third-order valence-corrected chi connectivity index (χ3v) is 4.01. The second kappa shape index (κ2) is 6.29. The van der Waals surface area contributed by atoms with Gasteiger partial charge in [0.25, 0.3) is 5.69 Å². The van der Waals surface area contributed by atoms with Crippen LogP contribution in [0.25, 0.3) is 0 Å². The molecular weight excluding hydrogens is 312 g/mol. The summed E-state index contributed by atoms with van der Waals surface area (Å²) in [5.41, 5.74) is 0.0145. The number of halogens is 1. The molecule has 1 N–H and O–H groups in total. The Balaban J connectivity index is 2.05. The van der Waals surface area contributed by atoms with Crippen LogP contribution in [0.2, 0.25) is 0 Å². The number of rotatable bonds is 4. The van der Waals surface area contributed by atoms with Gasteiger partial charge in [-0.1, -0.05) is 0 Å². The molecule has 2 heterocycles. The molecule has 0 unspecified atom stereocenters. The summed E-state index contributed by atoms with van der Waals surface area (Å²) in [5.74, 6) is 1.51. The molecule has 1 aromatic rings. The maximum absolute atomic E-state index is 10.7. The molecular formula is C12H17BrN4O2. The third kappa shape index (κ3) is 3.42. The van der Waals surface area contributed by atoms with E-state index < -0.39 is 4.92 Å². The van der Waals surface area contributed by atoms with Gasteiger partial charge < -0.3 is 10.2 Å². The summed E-state index contributed by atoms with van der Waals surface area (Å²) in [5, 5.41) is 13.9. The van der Waals surface area contributed by atoms with Crippen LogP contribution in [0, 0.1) is 16.0 Å². The number of aromatic nitrogens is 1. The van der Waals surface area contributed by atoms with Crippen LogP contribution in [0.1, 0.15) is 12.8 Å². The zero-order valence-electron chi connectivity index (χ0n) is 10.8. The van der Waals surface area contributed by atoms with Crippen LogP contribution < -0.4 is 10.2 Å². The topological polar surface area (TPSA) is 71.3 Å². The lowest BCUT2D eigenvalue weighted by molar-refractivity contribution is -0.385. The van der Waals surface area contributed by atoms with Crippen molar-refractivity contribution in [1.82, 2.24) is 10.3 Å². The highest BCUT2D eigenvalue weighted by Gasteiger charge is 2.22. The number of nitrogens with zero attached hydrogens (tertiary/aromatic N) is 3. The zero-order chi connectivity index (χ0) is 13.8. The molecule has 0 spiro atoms. The van der Waals surface area contributed by atoms with E-state index in [-0.39, 0.29) is 5.69 Å². The monoisotopic (exact) mass is 328 g/mol. The molecule has 1 fully saturated rings. The van der Waals surface area contributed by atoms with Crippen molar-refractivity contribution in [1.29, 1.82) is 0 Å². The smallest absolute Gasteiger partial charge is 0.288 e. The van der Waals surface area contributed by atoms with Gasteiger partial charge >= 0.3 is 0 Å². The lowest BCUT2D eigenvalue weighted by Gasteiger charge is -2.33. The zero-order valence-corrected chi connectivity index (χ0v) is 12.4. The van der Waals surface area contributed by atoms with E-state index in [2.05, 4.69) is 31.1 Å². The fraction of sp³-hybridized carbons (Fsp3) is 0.583. The molecule has 0 aliphatic carbocycles. The first-order chi connectivity index (χ1) is 9.11. The Morgan fingerprint density at radius 2 is 2.26 bits per heavy atom. The Hall–Kier alpha value is -1.21. The van der Waals surface area contributed by atoms with Gasteiger partial charge in [0.1, 0.15) is 12.0 Å². The molecule has 0 radical (unpaired) electrons. The van der Waals surface area contributed by atoms with Crippen LogP contribution in [-0.2, 0) is 0 Å². The number of nitro groups is 1. The van der Waals surface area contributed by atoms with Gasteiger partial charge in [-0.2, -0.15) is 0 Å². The van der Waals surface area contributed by atoms with Crippen LogP contribution in [-0.4, -0.2) is 36.6 Å². The SMILES string of the molecule is CNCC1CCN(c2ncc([N+](=O)[O-])cc2Br)CC1. The average molecular weight is 329 g/mol. The van der Waals surface area contributed by atoms with E-state index in [9.17, 15) is 10.1 Å². The highest BCUT2D eigenvalue weighted by atomic mass is 79.9. The lowest BCUT2D eigenvalue weighted by Crippen LogP contribution is -2.37. The summed E-state index contributed by atoms with van der Waals surface area (Å²) >= 11 is 3.38. The predicted molar refractivity (Wildman–Crippen MR) is 77.5 cm³/mol. The number of nitrogens with one attached hydrogen (secondary N) is 1. The second-order valence-electron chi connectivity index (χ2n) is 4.74. The average Bonchev–Trinajstić information content (AvgIpc) is 2.40. The fourth-order valence-corrected chi connectivity index (χ4v) is 2.98. The lowest BCUT2D eigenvalue weighted by atomic mass is 9.97. The second-order valence-corrected chi connectivity index (χ2v) is 5.60. The maximum atomic E-state index is 10.7. The van der Waals surface area contributed by atoms with Crippen molar-refractivity contribution < 1.29 is 4.92 Å². The minimum Gasteiger partial charge on any atom is -0.356 e. The van der Waals surface area contributed by atoms with Gasteiger partial charge in [-0.15, -0.1) is 0 Å². The van der Waals surface area contributed by atoms with Crippen LogP contribution >= 0.6 is 15.9 Å². The fourth-order valence-electron chi connectivity index (χ4n) is 2.39. The van der Waals surface area contributed by atoms with Crippen LogP contribution in [0.3, 0.4) is 0 Å². The Kier molecular flexibility index (Phi) is 4.71. The minimum atomic E-state index is -0.430. The van der Waals surface area contributed by atoms with Gasteiger partial charge in [0.15, 0.2) is 0 Å². The van der Waals surface area contributed by atoms with Crippen molar-refractivity contribution in [2.45, 2.75) is 12.8 Å². The largest absolute Gasteiger partial charge is 0.356 e. The van der Waals surface area contributed by atoms with Crippen molar-refractivity contribution >= 4 is 27.4 Å². The Bertz CT molecular complexity index is 461. The molecule has 2 rings (SSSR count). The van der Waals surface area contributed by atoms with Crippen molar-refractivity contribution in [3.8, 4) is 0 Å². The highest BCUT2D eigenvalue weighted by Crippen LogP contribution is 2.30. The molecule has 19 heavy (non-hydrogen) atoms. The first-order valence-corrected chi connectivity index (χ1v) is 7.10. The standard InChI is InChI=1S/C12H17BrN4O2/c1-14-7-9-2-4-16(5-3-9)12-11(13)6-10(8-15-12)17(18)19/h6,8-9,14H,2-5,7H2,1H3. The Morgan fingerprint density at radius 3 is 2.79 bits per heavy atom. The molecule has 0 aromatic carbocycles. The predicted octanol–water partition coefficient (Wildman–Crippen LogP) is 2.19. The first kappa shape index (κ1) is 14.2. The van der Waals surface area contributed by atoms with Gasteiger partial charge in [-0.25, -0.2) is 4.98 Å². The van der Waals surface area contributed by atoms with Crippen molar-refractivity contribution in [2.75, 3.05) is 31.6 Å². The molecule has 0 saturated carbocycles. The van der Waals surface area contributed by atoms with Gasteiger partial charge in [0.05, 0.1) is 9.40 Å². The van der Waals surface area contributed by atoms with Crippen molar-refractivity contribution in [3.63, 3.8) is 0 Å². The number of pyridine rings is 1. The third-order valence-electron chi connectivity index (χ3n) is 3.43. The molecule has 0 atom stereocenters. The Morgan fingerprint density at radius 1 is 1.58 bits per heavy atom. The van der Waals surface area contributed by atoms with E-state index >= 15 is 0 Å².